The molecule has 0 saturated carbocycles. The minimum Gasteiger partial charge on any atom is -0.324 e. The molecule has 19 heteroatoms. The van der Waals surface area contributed by atoms with Crippen LogP contribution in [-0.4, -0.2) is 47.3 Å². The average Bonchev–Trinajstić information content (AvgIpc) is 3.25. The van der Waals surface area contributed by atoms with Crippen molar-refractivity contribution in [2.24, 2.45) is 20.5 Å². The van der Waals surface area contributed by atoms with Crippen molar-refractivity contribution in [2.45, 2.75) is 56.4 Å². The van der Waals surface area contributed by atoms with Crippen LogP contribution in [0, 0.1) is 0 Å². The number of nitrogens with one attached hydrogen (secondary N) is 4. The lowest BCUT2D eigenvalue weighted by molar-refractivity contribution is -0.127. The number of benzene rings is 5. The number of anilines is 4. The first-order valence-electron chi connectivity index (χ1n) is 19.3. The van der Waals surface area contributed by atoms with Crippen LogP contribution < -0.4 is 21.3 Å². The molecule has 5 aromatic carbocycles. The number of carbonyl (C=O) groups excluding carboxylic acids is 6. The molecular weight excluding hydrogens is 926 g/mol. The Morgan fingerprint density at radius 2 is 0.984 bits per heavy atom. The molecule has 4 atom stereocenters. The lowest BCUT2D eigenvalue weighted by Gasteiger charge is -2.15. The van der Waals surface area contributed by atoms with Gasteiger partial charge in [-0.3, -0.25) is 28.8 Å². The molecule has 64 heavy (non-hydrogen) atoms. The van der Waals surface area contributed by atoms with Gasteiger partial charge < -0.3 is 21.3 Å². The fourth-order valence-corrected chi connectivity index (χ4v) is 6.72. The zero-order valence-electron chi connectivity index (χ0n) is 34.5. The van der Waals surface area contributed by atoms with E-state index < -0.39 is 47.3 Å². The molecule has 0 aliphatic rings. The third-order valence-corrected chi connectivity index (χ3v) is 10.7. The van der Waals surface area contributed by atoms with Crippen LogP contribution in [0.25, 0.3) is 0 Å². The molecule has 0 saturated heterocycles. The highest BCUT2D eigenvalue weighted by Gasteiger charge is 2.26. The van der Waals surface area contributed by atoms with Gasteiger partial charge in [0.1, 0.15) is 0 Å². The summed E-state index contributed by atoms with van der Waals surface area (Å²) in [6, 6.07) is 23.7. The average molecular weight is 965 g/mol. The Hall–Kier alpha value is -6.03. The number of hydrogen-bond acceptors (Lipinski definition) is 10. The highest BCUT2D eigenvalue weighted by molar-refractivity contribution is 6.35. The first-order valence-corrected chi connectivity index (χ1v) is 21.4. The van der Waals surface area contributed by atoms with Gasteiger partial charge in [0.05, 0.1) is 43.3 Å². The van der Waals surface area contributed by atoms with E-state index >= 15 is 0 Å². The standard InChI is InChI=1S/C45H39Cl5N8O6/c1-23(47)27-7-5-9-30(17-27)51-42(61)35-20-33(11-14-37(35)49)55-57-40(25(3)59)44(63)53-32-13-16-39(29(19-32)22-46)54-45(64)41(26(4)60)58-56-34-12-15-38(50)36(21-34)43(62)52-31-10-6-8-28(18-31)24(2)48/h5-21,23-24,40-41H,22H2,1-4H3,(H,51,61)(H,52,62)(H,53,63)(H,54,64). The van der Waals surface area contributed by atoms with Crippen LogP contribution in [0.2, 0.25) is 10.0 Å². The number of rotatable bonds is 17. The summed E-state index contributed by atoms with van der Waals surface area (Å²) in [4.78, 5) is 78.1. The molecule has 4 amide bonds. The molecule has 0 spiro atoms. The molecular formula is C45H39Cl5N8O6. The van der Waals surface area contributed by atoms with Gasteiger partial charge in [0.2, 0.25) is 12.1 Å². The molecule has 0 heterocycles. The van der Waals surface area contributed by atoms with Gasteiger partial charge in [-0.15, -0.1) is 34.8 Å². The van der Waals surface area contributed by atoms with Gasteiger partial charge in [-0.05, 0) is 123 Å². The Kier molecular flexibility index (Phi) is 17.3. The summed E-state index contributed by atoms with van der Waals surface area (Å²) in [6.45, 7) is 5.94. The second-order valence-corrected chi connectivity index (χ2v) is 16.6. The largest absolute Gasteiger partial charge is 0.324 e. The van der Waals surface area contributed by atoms with E-state index in [2.05, 4.69) is 41.7 Å². The number of Topliss-reactive ketones (excluding diaryl/α,β-unsaturated/α-hetero) is 2. The number of hydrogen-bond donors (Lipinski definition) is 4. The highest BCUT2D eigenvalue weighted by atomic mass is 35.5. The molecule has 14 nitrogen and oxygen atoms in total. The Balaban J connectivity index is 1.25. The number of halogens is 5. The predicted molar refractivity (Wildman–Crippen MR) is 251 cm³/mol. The van der Waals surface area contributed by atoms with E-state index in [0.29, 0.717) is 16.9 Å². The summed E-state index contributed by atoms with van der Waals surface area (Å²) in [5, 5.41) is 26.5. The van der Waals surface area contributed by atoms with Crippen LogP contribution in [0.5, 0.6) is 0 Å². The van der Waals surface area contributed by atoms with Crippen LogP contribution in [0.1, 0.15) is 75.9 Å². The Bertz CT molecular complexity index is 2670. The summed E-state index contributed by atoms with van der Waals surface area (Å²) in [7, 11) is 0. The van der Waals surface area contributed by atoms with Gasteiger partial charge in [-0.1, -0.05) is 47.5 Å². The third kappa shape index (κ3) is 13.3. The predicted octanol–water partition coefficient (Wildman–Crippen LogP) is 12.2. The maximum Gasteiger partial charge on any atom is 0.258 e. The molecule has 5 aromatic rings. The van der Waals surface area contributed by atoms with Crippen molar-refractivity contribution >= 4 is 127 Å². The number of carbonyl (C=O) groups is 6. The Morgan fingerprint density at radius 3 is 1.41 bits per heavy atom. The quantitative estimate of drug-likeness (QED) is 0.0406. The fourth-order valence-electron chi connectivity index (χ4n) is 5.82. The fraction of sp³-hybridized carbons (Fsp3) is 0.200. The van der Waals surface area contributed by atoms with Gasteiger partial charge in [-0.25, -0.2) is 0 Å². The van der Waals surface area contributed by atoms with Crippen molar-refractivity contribution in [3.05, 3.63) is 141 Å². The number of alkyl halides is 3. The normalized spacial score (nSPS) is 13.1. The molecule has 330 valence electrons. The second kappa shape index (κ2) is 22.5. The Morgan fingerprint density at radius 1 is 0.547 bits per heavy atom. The van der Waals surface area contributed by atoms with E-state index in [1.165, 1.54) is 54.6 Å². The molecule has 0 bridgehead atoms. The first kappa shape index (κ1) is 49.0. The van der Waals surface area contributed by atoms with Gasteiger partial charge in [0.15, 0.2) is 11.6 Å². The van der Waals surface area contributed by atoms with E-state index in [0.717, 1.165) is 25.0 Å². The summed E-state index contributed by atoms with van der Waals surface area (Å²) < 4.78 is 0. The van der Waals surface area contributed by atoms with E-state index in [1.54, 1.807) is 50.2 Å². The Labute approximate surface area is 393 Å². The molecule has 0 aromatic heterocycles. The summed E-state index contributed by atoms with van der Waals surface area (Å²) in [5.41, 5.74) is 3.76. The SMILES string of the molecule is CC(=O)C(N=Nc1ccc(Cl)c(C(=O)Nc2cccc(C(C)Cl)c2)c1)C(=O)Nc1ccc(NC(=O)C(N=Nc2ccc(Cl)c(C(=O)Nc3cccc(C(C)Cl)c3)c2)C(C)=O)c(CCl)c1. The maximum atomic E-state index is 13.4. The molecule has 0 radical (unpaired) electrons. The van der Waals surface area contributed by atoms with Gasteiger partial charge in [0, 0.05) is 28.6 Å². The maximum absolute atomic E-state index is 13.4. The van der Waals surface area contributed by atoms with Gasteiger partial charge >= 0.3 is 0 Å². The van der Waals surface area contributed by atoms with Crippen LogP contribution in [-0.2, 0) is 25.1 Å². The minimum atomic E-state index is -1.60. The molecule has 0 aliphatic heterocycles. The summed E-state index contributed by atoms with van der Waals surface area (Å²) in [6.07, 6.45) is 0. The van der Waals surface area contributed by atoms with Crippen molar-refractivity contribution < 1.29 is 28.8 Å². The number of amides is 4. The van der Waals surface area contributed by atoms with Crippen molar-refractivity contribution in [3.8, 4) is 0 Å². The van der Waals surface area contributed by atoms with Crippen molar-refractivity contribution in [2.75, 3.05) is 21.3 Å². The van der Waals surface area contributed by atoms with Gasteiger partial charge in [0.25, 0.3) is 23.6 Å². The van der Waals surface area contributed by atoms with Crippen LogP contribution in [0.3, 0.4) is 0 Å². The van der Waals surface area contributed by atoms with Crippen molar-refractivity contribution in [3.63, 3.8) is 0 Å². The molecule has 0 aliphatic carbocycles. The molecule has 4 unspecified atom stereocenters. The molecule has 4 N–H and O–H groups in total. The lowest BCUT2D eigenvalue weighted by atomic mass is 10.1. The number of nitrogens with zero attached hydrogens (tertiary/aromatic N) is 4. The van der Waals surface area contributed by atoms with Gasteiger partial charge in [-0.2, -0.15) is 20.5 Å². The van der Waals surface area contributed by atoms with Crippen LogP contribution in [0.15, 0.2) is 124 Å². The zero-order chi connectivity index (χ0) is 46.7. The van der Waals surface area contributed by atoms with Crippen molar-refractivity contribution in [1.82, 2.24) is 0 Å². The monoisotopic (exact) mass is 962 g/mol. The number of azo groups is 2. The topological polar surface area (TPSA) is 200 Å². The summed E-state index contributed by atoms with van der Waals surface area (Å²) >= 11 is 31.2. The van der Waals surface area contributed by atoms with Crippen LogP contribution >= 0.6 is 58.0 Å². The van der Waals surface area contributed by atoms with E-state index in [9.17, 15) is 28.8 Å². The molecule has 0 fully saturated rings. The summed E-state index contributed by atoms with van der Waals surface area (Å²) in [5.74, 6) is -4.15. The van der Waals surface area contributed by atoms with Crippen molar-refractivity contribution in [1.29, 1.82) is 0 Å². The van der Waals surface area contributed by atoms with E-state index in [1.807, 2.05) is 12.1 Å². The van der Waals surface area contributed by atoms with E-state index in [4.69, 9.17) is 58.0 Å². The second-order valence-electron chi connectivity index (χ2n) is 14.2. The van der Waals surface area contributed by atoms with Crippen LogP contribution in [0.4, 0.5) is 34.1 Å². The third-order valence-electron chi connectivity index (χ3n) is 9.22. The first-order chi connectivity index (χ1) is 30.4. The highest BCUT2D eigenvalue weighted by Crippen LogP contribution is 2.29. The molecule has 5 rings (SSSR count). The lowest BCUT2D eigenvalue weighted by Crippen LogP contribution is -2.32. The minimum absolute atomic E-state index is 0.0700. The van der Waals surface area contributed by atoms with E-state index in [-0.39, 0.29) is 60.6 Å². The zero-order valence-corrected chi connectivity index (χ0v) is 38.2. The smallest absolute Gasteiger partial charge is 0.258 e. The number of ketones is 2.